The topological polar surface area (TPSA) is 75.7 Å². The van der Waals surface area contributed by atoms with E-state index in [-0.39, 0.29) is 12.2 Å². The first-order valence-electron chi connectivity index (χ1n) is 6.19. The second-order valence-electron chi connectivity index (χ2n) is 4.54. The van der Waals surface area contributed by atoms with Gasteiger partial charge in [-0.25, -0.2) is 12.7 Å². The number of sulfonamides is 1. The van der Waals surface area contributed by atoms with Crippen LogP contribution >= 0.6 is 0 Å². The molecule has 0 aromatic rings. The van der Waals surface area contributed by atoms with Crippen LogP contribution in [0.1, 0.15) is 19.3 Å². The van der Waals surface area contributed by atoms with E-state index in [2.05, 4.69) is 10.1 Å². The third-order valence-electron chi connectivity index (χ3n) is 3.25. The van der Waals surface area contributed by atoms with Gasteiger partial charge in [-0.15, -0.1) is 0 Å². The van der Waals surface area contributed by atoms with Crippen LogP contribution in [0.15, 0.2) is 0 Å². The number of ether oxygens (including phenoxy) is 1. The summed E-state index contributed by atoms with van der Waals surface area (Å²) in [6.45, 7) is 2.03. The number of hydrogen-bond donors (Lipinski definition) is 1. The molecule has 1 saturated heterocycles. The van der Waals surface area contributed by atoms with Crippen LogP contribution < -0.4 is 5.32 Å². The number of carbonyl (C=O) groups is 1. The molecule has 1 heterocycles. The molecule has 18 heavy (non-hydrogen) atoms. The van der Waals surface area contributed by atoms with E-state index in [1.807, 2.05) is 7.05 Å². The van der Waals surface area contributed by atoms with Crippen LogP contribution in [0.5, 0.6) is 0 Å². The normalized spacial score (nSPS) is 18.8. The number of methoxy groups -OCH3 is 1. The van der Waals surface area contributed by atoms with E-state index in [0.29, 0.717) is 19.0 Å². The average molecular weight is 278 g/mol. The summed E-state index contributed by atoms with van der Waals surface area (Å²) in [5.41, 5.74) is 0. The van der Waals surface area contributed by atoms with Gasteiger partial charge in [0.2, 0.25) is 10.0 Å². The minimum atomic E-state index is -3.31. The highest BCUT2D eigenvalue weighted by molar-refractivity contribution is 7.89. The maximum absolute atomic E-state index is 12.0. The minimum absolute atomic E-state index is 0.0741. The van der Waals surface area contributed by atoms with Crippen molar-refractivity contribution in [3.63, 3.8) is 0 Å². The largest absolute Gasteiger partial charge is 0.469 e. The highest BCUT2D eigenvalue weighted by atomic mass is 32.2. The van der Waals surface area contributed by atoms with Gasteiger partial charge in [-0.05, 0) is 32.4 Å². The molecule has 1 N–H and O–H groups in total. The Labute approximate surface area is 109 Å². The summed E-state index contributed by atoms with van der Waals surface area (Å²) < 4.78 is 29.9. The fourth-order valence-electron chi connectivity index (χ4n) is 2.12. The summed E-state index contributed by atoms with van der Waals surface area (Å²) in [4.78, 5) is 11.0. The zero-order valence-electron chi connectivity index (χ0n) is 11.0. The number of nitrogens with zero attached hydrogens (tertiary/aromatic N) is 1. The van der Waals surface area contributed by atoms with Gasteiger partial charge in [0.25, 0.3) is 0 Å². The lowest BCUT2D eigenvalue weighted by Gasteiger charge is -2.31. The van der Waals surface area contributed by atoms with E-state index in [0.717, 1.165) is 19.4 Å². The van der Waals surface area contributed by atoms with Crippen LogP contribution in [0.3, 0.4) is 0 Å². The van der Waals surface area contributed by atoms with Crippen molar-refractivity contribution in [1.82, 2.24) is 9.62 Å². The highest BCUT2D eigenvalue weighted by Crippen LogP contribution is 2.19. The molecule has 0 atom stereocenters. The molecule has 1 fully saturated rings. The van der Waals surface area contributed by atoms with Gasteiger partial charge in [0.1, 0.15) is 0 Å². The molecular weight excluding hydrogens is 256 g/mol. The Kier molecular flexibility index (Phi) is 6.04. The molecule has 0 aromatic carbocycles. The molecule has 1 aliphatic heterocycles. The highest BCUT2D eigenvalue weighted by Gasteiger charge is 2.28. The van der Waals surface area contributed by atoms with Crippen molar-refractivity contribution >= 4 is 16.0 Å². The molecule has 0 aliphatic carbocycles. The Morgan fingerprint density at radius 2 is 2.00 bits per heavy atom. The first kappa shape index (κ1) is 15.4. The predicted octanol–water partition coefficient (Wildman–Crippen LogP) is -0.189. The van der Waals surface area contributed by atoms with Crippen LogP contribution in [0, 0.1) is 5.92 Å². The van der Waals surface area contributed by atoms with Gasteiger partial charge < -0.3 is 10.1 Å². The summed E-state index contributed by atoms with van der Waals surface area (Å²) in [5, 5.41) is 3.11. The van der Waals surface area contributed by atoms with Gasteiger partial charge in [-0.2, -0.15) is 0 Å². The Morgan fingerprint density at radius 3 is 2.50 bits per heavy atom. The molecule has 6 nitrogen and oxygen atoms in total. The zero-order chi connectivity index (χ0) is 13.6. The molecule has 0 unspecified atom stereocenters. The van der Waals surface area contributed by atoms with Gasteiger partial charge >= 0.3 is 5.97 Å². The predicted molar refractivity (Wildman–Crippen MR) is 68.6 cm³/mol. The second-order valence-corrected chi connectivity index (χ2v) is 6.63. The molecule has 1 rings (SSSR count). The van der Waals surface area contributed by atoms with Gasteiger partial charge in [0, 0.05) is 13.1 Å². The van der Waals surface area contributed by atoms with Crippen molar-refractivity contribution in [1.29, 1.82) is 0 Å². The van der Waals surface area contributed by atoms with Crippen molar-refractivity contribution in [2.45, 2.75) is 19.3 Å². The van der Waals surface area contributed by atoms with Gasteiger partial charge in [0.05, 0.1) is 19.3 Å². The molecule has 0 bridgehead atoms. The quantitative estimate of drug-likeness (QED) is 0.682. The lowest BCUT2D eigenvalue weighted by molar-refractivity contribution is -0.140. The summed E-state index contributed by atoms with van der Waals surface area (Å²) in [7, 11) is -0.150. The Morgan fingerprint density at radius 1 is 1.39 bits per heavy atom. The number of carbonyl (C=O) groups excluding carboxylic acids is 1. The first-order valence-corrected chi connectivity index (χ1v) is 7.79. The molecule has 1 aliphatic rings. The van der Waals surface area contributed by atoms with Gasteiger partial charge in [0.15, 0.2) is 0 Å². The van der Waals surface area contributed by atoms with E-state index >= 15 is 0 Å². The van der Waals surface area contributed by atoms with Gasteiger partial charge in [-0.1, -0.05) is 0 Å². The van der Waals surface area contributed by atoms with Crippen molar-refractivity contribution in [2.24, 2.45) is 5.92 Å². The summed E-state index contributed by atoms with van der Waals surface area (Å²) >= 11 is 0. The Bertz CT molecular complexity index is 361. The van der Waals surface area contributed by atoms with E-state index in [1.54, 1.807) is 0 Å². The standard InChI is InChI=1S/C11H22N2O4S/c1-12-9-10-3-6-13(7-4-10)18(15,16)8-5-11(14)17-2/h10,12H,3-9H2,1-2H3. The molecule has 0 amide bonds. The molecular formula is C11H22N2O4S. The van der Waals surface area contributed by atoms with Crippen LogP contribution in [-0.2, 0) is 19.6 Å². The zero-order valence-corrected chi connectivity index (χ0v) is 11.8. The fourth-order valence-corrected chi connectivity index (χ4v) is 3.57. The van der Waals surface area contributed by atoms with Crippen LogP contribution in [0.4, 0.5) is 0 Å². The molecule has 106 valence electrons. The number of nitrogens with one attached hydrogen (secondary N) is 1. The van der Waals surface area contributed by atoms with Crippen molar-refractivity contribution in [2.75, 3.05) is 39.5 Å². The fraction of sp³-hybridized carbons (Fsp3) is 0.909. The molecule has 0 radical (unpaired) electrons. The maximum Gasteiger partial charge on any atom is 0.306 e. The van der Waals surface area contributed by atoms with Crippen LogP contribution in [0.2, 0.25) is 0 Å². The van der Waals surface area contributed by atoms with Crippen molar-refractivity contribution < 1.29 is 17.9 Å². The van der Waals surface area contributed by atoms with E-state index in [4.69, 9.17) is 0 Å². The van der Waals surface area contributed by atoms with Crippen LogP contribution in [0.25, 0.3) is 0 Å². The van der Waals surface area contributed by atoms with E-state index in [9.17, 15) is 13.2 Å². The number of rotatable bonds is 6. The second kappa shape index (κ2) is 7.06. The number of esters is 1. The first-order chi connectivity index (χ1) is 8.49. The van der Waals surface area contributed by atoms with E-state index < -0.39 is 16.0 Å². The smallest absolute Gasteiger partial charge is 0.306 e. The maximum atomic E-state index is 12.0. The van der Waals surface area contributed by atoms with Gasteiger partial charge in [-0.3, -0.25) is 4.79 Å². The van der Waals surface area contributed by atoms with E-state index in [1.165, 1.54) is 11.4 Å². The third kappa shape index (κ3) is 4.55. The Balaban J connectivity index is 2.43. The Hall–Kier alpha value is -0.660. The average Bonchev–Trinajstić information content (AvgIpc) is 2.37. The minimum Gasteiger partial charge on any atom is -0.469 e. The number of hydrogen-bond acceptors (Lipinski definition) is 5. The third-order valence-corrected chi connectivity index (χ3v) is 5.12. The molecule has 0 saturated carbocycles. The van der Waals surface area contributed by atoms with Crippen molar-refractivity contribution in [3.05, 3.63) is 0 Å². The molecule has 0 spiro atoms. The summed E-state index contributed by atoms with van der Waals surface area (Å²) in [5.74, 6) is -0.0955. The summed E-state index contributed by atoms with van der Waals surface area (Å²) in [6.07, 6.45) is 1.67. The molecule has 7 heteroatoms. The number of piperidine rings is 1. The van der Waals surface area contributed by atoms with Crippen LogP contribution in [-0.4, -0.2) is 58.2 Å². The lowest BCUT2D eigenvalue weighted by Crippen LogP contribution is -2.41. The summed E-state index contributed by atoms with van der Waals surface area (Å²) in [6, 6.07) is 0. The van der Waals surface area contributed by atoms with Crippen molar-refractivity contribution in [3.8, 4) is 0 Å². The monoisotopic (exact) mass is 278 g/mol. The SMILES string of the molecule is CNCC1CCN(S(=O)(=O)CCC(=O)OC)CC1. The lowest BCUT2D eigenvalue weighted by atomic mass is 9.98. The molecule has 0 aromatic heterocycles.